The molecule has 4 heteroatoms. The first-order valence-electron chi connectivity index (χ1n) is 7.21. The molecule has 0 fully saturated rings. The molecule has 0 heterocycles. The molecule has 0 aliphatic carbocycles. The fraction of sp³-hybridized carbons (Fsp3) is 0.222. The Morgan fingerprint density at radius 3 is 2.55 bits per heavy atom. The van der Waals surface area contributed by atoms with Gasteiger partial charge in [-0.2, -0.15) is 0 Å². The normalized spacial score (nSPS) is 12.3. The first-order valence-corrected chi connectivity index (χ1v) is 7.21. The van der Waals surface area contributed by atoms with Crippen LogP contribution in [0, 0.1) is 0 Å². The van der Waals surface area contributed by atoms with Gasteiger partial charge in [0.1, 0.15) is 5.75 Å². The number of aliphatic imine (C=N–C) groups is 1. The Morgan fingerprint density at radius 2 is 1.91 bits per heavy atom. The Balaban J connectivity index is 2.08. The maximum atomic E-state index is 10.7. The Kier molecular flexibility index (Phi) is 5.31. The van der Waals surface area contributed by atoms with Crippen molar-refractivity contribution in [3.05, 3.63) is 59.7 Å². The molecule has 2 rings (SSSR count). The fourth-order valence-electron chi connectivity index (χ4n) is 1.97. The third-order valence-electron chi connectivity index (χ3n) is 3.27. The zero-order chi connectivity index (χ0) is 15.9. The first-order chi connectivity index (χ1) is 10.6. The van der Waals surface area contributed by atoms with Crippen molar-refractivity contribution in [1.82, 2.24) is 0 Å². The topological polar surface area (TPSA) is 58.9 Å². The summed E-state index contributed by atoms with van der Waals surface area (Å²) in [6, 6.07) is 15.2. The van der Waals surface area contributed by atoms with Crippen LogP contribution in [-0.4, -0.2) is 23.4 Å². The molecule has 0 saturated carbocycles. The number of carboxylic acids is 1. The van der Waals surface area contributed by atoms with E-state index < -0.39 is 12.1 Å². The second-order valence-corrected chi connectivity index (χ2v) is 4.91. The number of aliphatic carboxylic acids is 1. The van der Waals surface area contributed by atoms with E-state index in [2.05, 4.69) is 18.0 Å². The van der Waals surface area contributed by atoms with Crippen LogP contribution in [0.1, 0.15) is 25.0 Å². The van der Waals surface area contributed by atoms with E-state index in [1.807, 2.05) is 30.3 Å². The highest BCUT2D eigenvalue weighted by atomic mass is 16.5. The van der Waals surface area contributed by atoms with Crippen molar-refractivity contribution in [2.24, 2.45) is 4.99 Å². The Hall–Kier alpha value is -2.62. The summed E-state index contributed by atoms with van der Waals surface area (Å²) in [6.45, 7) is 3.60. The second-order valence-electron chi connectivity index (χ2n) is 4.91. The molecule has 2 aromatic rings. The molecule has 0 amide bonds. The summed E-state index contributed by atoms with van der Waals surface area (Å²) in [6.07, 6.45) is 1.86. The average Bonchev–Trinajstić information content (AvgIpc) is 2.54. The van der Waals surface area contributed by atoms with Crippen LogP contribution in [0.15, 0.2) is 53.5 Å². The summed E-state index contributed by atoms with van der Waals surface area (Å²) in [5, 5.41) is 8.81. The average molecular weight is 297 g/mol. The molecule has 4 nitrogen and oxygen atoms in total. The predicted molar refractivity (Wildman–Crippen MR) is 87.2 cm³/mol. The number of hydrogen-bond donors (Lipinski definition) is 1. The van der Waals surface area contributed by atoms with Crippen molar-refractivity contribution in [1.29, 1.82) is 0 Å². The van der Waals surface area contributed by atoms with E-state index in [9.17, 15) is 4.79 Å². The lowest BCUT2D eigenvalue weighted by Gasteiger charge is -2.10. The van der Waals surface area contributed by atoms with Crippen molar-refractivity contribution in [2.45, 2.75) is 26.4 Å². The molecule has 0 radical (unpaired) electrons. The van der Waals surface area contributed by atoms with Crippen LogP contribution in [0.4, 0.5) is 5.69 Å². The van der Waals surface area contributed by atoms with Crippen LogP contribution >= 0.6 is 0 Å². The molecule has 0 aromatic heterocycles. The summed E-state index contributed by atoms with van der Waals surface area (Å²) >= 11 is 0. The quantitative estimate of drug-likeness (QED) is 0.824. The van der Waals surface area contributed by atoms with Crippen LogP contribution in [-0.2, 0) is 11.2 Å². The molecular weight excluding hydrogens is 278 g/mol. The van der Waals surface area contributed by atoms with Crippen LogP contribution in [0.5, 0.6) is 5.75 Å². The zero-order valence-corrected chi connectivity index (χ0v) is 12.7. The highest BCUT2D eigenvalue weighted by Gasteiger charge is 2.11. The van der Waals surface area contributed by atoms with Crippen molar-refractivity contribution in [3.8, 4) is 5.75 Å². The van der Waals surface area contributed by atoms with Crippen LogP contribution in [0.2, 0.25) is 0 Å². The van der Waals surface area contributed by atoms with Gasteiger partial charge in [0.15, 0.2) is 6.10 Å². The second kappa shape index (κ2) is 7.41. The van der Waals surface area contributed by atoms with E-state index in [1.165, 1.54) is 12.5 Å². The van der Waals surface area contributed by atoms with Crippen LogP contribution < -0.4 is 4.74 Å². The molecule has 22 heavy (non-hydrogen) atoms. The van der Waals surface area contributed by atoms with E-state index in [-0.39, 0.29) is 0 Å². The summed E-state index contributed by atoms with van der Waals surface area (Å²) < 4.78 is 5.29. The standard InChI is InChI=1S/C18H19NO3/c1-3-15-6-4-5-7-17(15)19-12-14-8-10-16(11-9-14)22-13(2)18(20)21/h4-13H,3H2,1-2H3,(H,20,21)/t13-/m1/s1. The largest absolute Gasteiger partial charge is 0.479 e. The Morgan fingerprint density at radius 1 is 1.23 bits per heavy atom. The SMILES string of the molecule is CCc1ccccc1N=Cc1ccc(O[C@H](C)C(=O)O)cc1. The minimum absolute atomic E-state index is 0.529. The third-order valence-corrected chi connectivity index (χ3v) is 3.27. The molecule has 114 valence electrons. The first kappa shape index (κ1) is 15.8. The number of rotatable bonds is 6. The monoisotopic (exact) mass is 297 g/mol. The number of ether oxygens (including phenoxy) is 1. The maximum Gasteiger partial charge on any atom is 0.344 e. The maximum absolute atomic E-state index is 10.7. The lowest BCUT2D eigenvalue weighted by Crippen LogP contribution is -2.22. The molecular formula is C18H19NO3. The number of carboxylic acid groups (broad SMARTS) is 1. The summed E-state index contributed by atoms with van der Waals surface area (Å²) in [4.78, 5) is 15.3. The van der Waals surface area contributed by atoms with Gasteiger partial charge in [-0.15, -0.1) is 0 Å². The molecule has 1 atom stereocenters. The van der Waals surface area contributed by atoms with Gasteiger partial charge >= 0.3 is 5.97 Å². The van der Waals surface area contributed by atoms with Gasteiger partial charge < -0.3 is 9.84 Å². The van der Waals surface area contributed by atoms with Gasteiger partial charge in [-0.25, -0.2) is 4.79 Å². The summed E-state index contributed by atoms with van der Waals surface area (Å²) in [7, 11) is 0. The predicted octanol–water partition coefficient (Wildman–Crippen LogP) is 3.85. The number of carbonyl (C=O) groups is 1. The summed E-state index contributed by atoms with van der Waals surface area (Å²) in [5.41, 5.74) is 3.10. The zero-order valence-electron chi connectivity index (χ0n) is 12.7. The van der Waals surface area contributed by atoms with E-state index in [0.29, 0.717) is 5.75 Å². The van der Waals surface area contributed by atoms with E-state index in [1.54, 1.807) is 18.3 Å². The van der Waals surface area contributed by atoms with Gasteiger partial charge in [-0.1, -0.05) is 25.1 Å². The Bertz CT molecular complexity index is 662. The molecule has 0 unspecified atom stereocenters. The smallest absolute Gasteiger partial charge is 0.344 e. The van der Waals surface area contributed by atoms with E-state index >= 15 is 0 Å². The van der Waals surface area contributed by atoms with Crippen LogP contribution in [0.3, 0.4) is 0 Å². The molecule has 0 bridgehead atoms. The molecule has 0 aliphatic heterocycles. The van der Waals surface area contributed by atoms with Gasteiger partial charge in [0.05, 0.1) is 5.69 Å². The molecule has 0 aliphatic rings. The number of aryl methyl sites for hydroxylation is 1. The lowest BCUT2D eigenvalue weighted by atomic mass is 10.1. The lowest BCUT2D eigenvalue weighted by molar-refractivity contribution is -0.144. The highest BCUT2D eigenvalue weighted by molar-refractivity contribution is 5.82. The van der Waals surface area contributed by atoms with E-state index in [0.717, 1.165) is 17.7 Å². The number of hydrogen-bond acceptors (Lipinski definition) is 3. The van der Waals surface area contributed by atoms with Crippen molar-refractivity contribution >= 4 is 17.9 Å². The van der Waals surface area contributed by atoms with Gasteiger partial charge in [0.2, 0.25) is 0 Å². The molecule has 2 aromatic carbocycles. The minimum Gasteiger partial charge on any atom is -0.479 e. The number of benzene rings is 2. The molecule has 0 spiro atoms. The Labute approximate surface area is 130 Å². The van der Waals surface area contributed by atoms with Crippen molar-refractivity contribution in [2.75, 3.05) is 0 Å². The number of nitrogens with zero attached hydrogens (tertiary/aromatic N) is 1. The summed E-state index contributed by atoms with van der Waals surface area (Å²) in [5.74, 6) is -0.456. The van der Waals surface area contributed by atoms with Gasteiger partial charge in [-0.05, 0) is 54.8 Å². The number of para-hydroxylation sites is 1. The molecule has 1 N–H and O–H groups in total. The molecule has 0 saturated heterocycles. The third kappa shape index (κ3) is 4.19. The van der Waals surface area contributed by atoms with Crippen molar-refractivity contribution < 1.29 is 14.6 Å². The van der Waals surface area contributed by atoms with Crippen molar-refractivity contribution in [3.63, 3.8) is 0 Å². The van der Waals surface area contributed by atoms with Gasteiger partial charge in [-0.3, -0.25) is 4.99 Å². The van der Waals surface area contributed by atoms with E-state index in [4.69, 9.17) is 9.84 Å². The highest BCUT2D eigenvalue weighted by Crippen LogP contribution is 2.19. The fourth-order valence-corrected chi connectivity index (χ4v) is 1.97. The van der Waals surface area contributed by atoms with Gasteiger partial charge in [0.25, 0.3) is 0 Å². The minimum atomic E-state index is -0.984. The van der Waals surface area contributed by atoms with Gasteiger partial charge in [0, 0.05) is 6.21 Å². The van der Waals surface area contributed by atoms with Crippen LogP contribution in [0.25, 0.3) is 0 Å².